The van der Waals surface area contributed by atoms with Gasteiger partial charge in [-0.15, -0.1) is 0 Å². The zero-order chi connectivity index (χ0) is 22.3. The smallest absolute Gasteiger partial charge is 0.164 e. The minimum Gasteiger partial charge on any atom is -0.487 e. The summed E-state index contributed by atoms with van der Waals surface area (Å²) in [7, 11) is 0. The number of H-pyrrole nitrogens is 1. The Morgan fingerprint density at radius 2 is 1.84 bits per heavy atom. The Hall–Kier alpha value is -4.25. The van der Waals surface area contributed by atoms with Crippen LogP contribution >= 0.6 is 0 Å². The van der Waals surface area contributed by atoms with Crippen molar-refractivity contribution in [2.45, 2.75) is 13.0 Å². The molecule has 5 heteroatoms. The first-order valence-corrected chi connectivity index (χ1v) is 10.2. The zero-order valence-corrected chi connectivity index (χ0v) is 17.5. The molecule has 158 valence electrons. The summed E-state index contributed by atoms with van der Waals surface area (Å²) in [5.41, 5.74) is 4.19. The number of rotatable bonds is 9. The molecule has 0 atom stereocenters. The van der Waals surface area contributed by atoms with E-state index >= 15 is 0 Å². The van der Waals surface area contributed by atoms with Crippen LogP contribution in [0.4, 0.5) is 0 Å². The van der Waals surface area contributed by atoms with Gasteiger partial charge in [-0.3, -0.25) is 14.6 Å². The van der Waals surface area contributed by atoms with Crippen molar-refractivity contribution >= 4 is 28.0 Å². The van der Waals surface area contributed by atoms with Crippen LogP contribution in [0.2, 0.25) is 0 Å². The van der Waals surface area contributed by atoms with Crippen LogP contribution in [0.15, 0.2) is 97.9 Å². The molecule has 2 aromatic carbocycles. The first-order valence-electron chi connectivity index (χ1n) is 10.2. The summed E-state index contributed by atoms with van der Waals surface area (Å²) in [5, 5.41) is 0.987. The molecule has 0 unspecified atom stereocenters. The minimum atomic E-state index is -0.308. The summed E-state index contributed by atoms with van der Waals surface area (Å²) in [4.78, 5) is 31.9. The number of para-hydroxylation sites is 1. The van der Waals surface area contributed by atoms with Gasteiger partial charge in [0, 0.05) is 28.9 Å². The highest BCUT2D eigenvalue weighted by Gasteiger charge is 2.14. The maximum atomic E-state index is 12.6. The standard InChI is InChI=1S/C27H22N2O3/c1-2-21(30)15-22(31)16-25(26-17-29-27-12-4-3-11-24(26)27)19-8-7-10-23(14-19)32-18-20-9-5-6-13-28-20/h2-14,16-17,29H,1,15,18H2/b25-16-. The lowest BCUT2D eigenvalue weighted by Crippen LogP contribution is -2.03. The van der Waals surface area contributed by atoms with Crippen molar-refractivity contribution in [2.24, 2.45) is 0 Å². The molecule has 0 radical (unpaired) electrons. The number of aromatic nitrogens is 2. The third kappa shape index (κ3) is 4.90. The van der Waals surface area contributed by atoms with Crippen molar-refractivity contribution in [3.8, 4) is 5.75 Å². The highest BCUT2D eigenvalue weighted by molar-refractivity contribution is 6.13. The average Bonchev–Trinajstić information content (AvgIpc) is 3.26. The topological polar surface area (TPSA) is 72.1 Å². The van der Waals surface area contributed by atoms with Crippen molar-refractivity contribution in [3.05, 3.63) is 115 Å². The predicted octanol–water partition coefficient (Wildman–Crippen LogP) is 5.29. The maximum absolute atomic E-state index is 12.6. The summed E-state index contributed by atoms with van der Waals surface area (Å²) in [5.74, 6) is 0.0699. The van der Waals surface area contributed by atoms with E-state index in [2.05, 4.69) is 16.5 Å². The Morgan fingerprint density at radius 1 is 1.00 bits per heavy atom. The summed E-state index contributed by atoms with van der Waals surface area (Å²) < 4.78 is 5.92. The highest BCUT2D eigenvalue weighted by atomic mass is 16.5. The van der Waals surface area contributed by atoms with Crippen molar-refractivity contribution in [1.29, 1.82) is 0 Å². The van der Waals surface area contributed by atoms with Crippen LogP contribution in [-0.2, 0) is 16.2 Å². The third-order valence-electron chi connectivity index (χ3n) is 5.02. The monoisotopic (exact) mass is 422 g/mol. The first-order chi connectivity index (χ1) is 15.6. The molecule has 2 aromatic heterocycles. The molecule has 0 aliphatic rings. The van der Waals surface area contributed by atoms with E-state index in [1.807, 2.05) is 72.9 Å². The molecule has 0 amide bonds. The van der Waals surface area contributed by atoms with E-state index in [0.717, 1.165) is 27.7 Å². The van der Waals surface area contributed by atoms with Gasteiger partial charge in [-0.25, -0.2) is 0 Å². The van der Waals surface area contributed by atoms with Crippen LogP contribution in [0, 0.1) is 0 Å². The van der Waals surface area contributed by atoms with E-state index in [1.54, 1.807) is 6.20 Å². The second-order valence-corrected chi connectivity index (χ2v) is 7.26. The number of pyridine rings is 1. The number of nitrogens with zero attached hydrogens (tertiary/aromatic N) is 1. The van der Waals surface area contributed by atoms with E-state index in [1.165, 1.54) is 12.2 Å². The van der Waals surface area contributed by atoms with Gasteiger partial charge in [0.2, 0.25) is 0 Å². The first kappa shape index (κ1) is 21.0. The lowest BCUT2D eigenvalue weighted by atomic mass is 9.95. The van der Waals surface area contributed by atoms with Gasteiger partial charge in [0.25, 0.3) is 0 Å². The largest absolute Gasteiger partial charge is 0.487 e. The summed E-state index contributed by atoms with van der Waals surface area (Å²) in [6, 6.07) is 21.1. The molecule has 32 heavy (non-hydrogen) atoms. The Labute approximate surface area is 186 Å². The quantitative estimate of drug-likeness (QED) is 0.294. The lowest BCUT2D eigenvalue weighted by molar-refractivity contribution is -0.121. The molecule has 4 rings (SSSR count). The van der Waals surface area contributed by atoms with Gasteiger partial charge in [0.05, 0.1) is 12.1 Å². The molecule has 0 bridgehead atoms. The van der Waals surface area contributed by atoms with Crippen LogP contribution in [0.1, 0.15) is 23.2 Å². The summed E-state index contributed by atoms with van der Waals surface area (Å²) >= 11 is 0. The number of aromatic amines is 1. The van der Waals surface area contributed by atoms with Gasteiger partial charge in [-0.05, 0) is 53.6 Å². The summed E-state index contributed by atoms with van der Waals surface area (Å²) in [6.07, 6.45) is 6.08. The molecule has 0 saturated heterocycles. The van der Waals surface area contributed by atoms with Gasteiger partial charge >= 0.3 is 0 Å². The molecule has 0 spiro atoms. The SMILES string of the molecule is C=CC(=O)CC(=O)/C=C(/c1cccc(OCc2ccccn2)c1)c1c[nH]c2ccccc12. The van der Waals surface area contributed by atoms with E-state index < -0.39 is 0 Å². The molecule has 1 N–H and O–H groups in total. The molecule has 4 aromatic rings. The fourth-order valence-corrected chi connectivity index (χ4v) is 3.46. The summed E-state index contributed by atoms with van der Waals surface area (Å²) in [6.45, 7) is 3.79. The molecule has 0 aliphatic carbocycles. The number of fused-ring (bicyclic) bond motifs is 1. The van der Waals surface area contributed by atoms with Crippen LogP contribution in [0.5, 0.6) is 5.75 Å². The number of carbonyl (C=O) groups excluding carboxylic acids is 2. The molecule has 5 nitrogen and oxygen atoms in total. The normalized spacial score (nSPS) is 11.3. The van der Waals surface area contributed by atoms with Crippen LogP contribution < -0.4 is 4.74 Å². The molecular formula is C27H22N2O3. The van der Waals surface area contributed by atoms with Crippen LogP contribution in [0.25, 0.3) is 16.5 Å². The van der Waals surface area contributed by atoms with E-state index in [0.29, 0.717) is 17.9 Å². The molecule has 0 aliphatic heterocycles. The molecule has 0 fully saturated rings. The van der Waals surface area contributed by atoms with Crippen molar-refractivity contribution in [3.63, 3.8) is 0 Å². The zero-order valence-electron chi connectivity index (χ0n) is 17.5. The fourth-order valence-electron chi connectivity index (χ4n) is 3.46. The van der Waals surface area contributed by atoms with Crippen molar-refractivity contribution in [1.82, 2.24) is 9.97 Å². The number of carbonyl (C=O) groups is 2. The molecule has 0 saturated carbocycles. The fraction of sp³-hybridized carbons (Fsp3) is 0.0741. The van der Waals surface area contributed by atoms with Crippen molar-refractivity contribution in [2.75, 3.05) is 0 Å². The molecule has 2 heterocycles. The predicted molar refractivity (Wildman–Crippen MR) is 125 cm³/mol. The van der Waals surface area contributed by atoms with E-state index in [4.69, 9.17) is 4.74 Å². The van der Waals surface area contributed by atoms with E-state index in [-0.39, 0.29) is 18.0 Å². The van der Waals surface area contributed by atoms with Crippen LogP contribution in [-0.4, -0.2) is 21.5 Å². The highest BCUT2D eigenvalue weighted by Crippen LogP contribution is 2.32. The maximum Gasteiger partial charge on any atom is 0.164 e. The van der Waals surface area contributed by atoms with Gasteiger partial charge in [-0.2, -0.15) is 0 Å². The molecular weight excluding hydrogens is 400 g/mol. The lowest BCUT2D eigenvalue weighted by Gasteiger charge is -2.11. The second-order valence-electron chi connectivity index (χ2n) is 7.26. The minimum absolute atomic E-state index is 0.217. The van der Waals surface area contributed by atoms with Gasteiger partial charge < -0.3 is 9.72 Å². The van der Waals surface area contributed by atoms with Gasteiger partial charge in [0.1, 0.15) is 12.4 Å². The number of hydrogen-bond donors (Lipinski definition) is 1. The second kappa shape index (κ2) is 9.71. The Bertz CT molecular complexity index is 1300. The van der Waals surface area contributed by atoms with Gasteiger partial charge in [0.15, 0.2) is 11.6 Å². The van der Waals surface area contributed by atoms with Gasteiger partial charge in [-0.1, -0.05) is 43.0 Å². The van der Waals surface area contributed by atoms with Crippen molar-refractivity contribution < 1.29 is 14.3 Å². The number of allylic oxidation sites excluding steroid dienone is 2. The van der Waals surface area contributed by atoms with Crippen LogP contribution in [0.3, 0.4) is 0 Å². The average molecular weight is 422 g/mol. The Morgan fingerprint density at radius 3 is 2.66 bits per heavy atom. The third-order valence-corrected chi connectivity index (χ3v) is 5.02. The number of hydrogen-bond acceptors (Lipinski definition) is 4. The Kier molecular flexibility index (Phi) is 6.37. The van der Waals surface area contributed by atoms with E-state index in [9.17, 15) is 9.59 Å². The number of benzene rings is 2. The Balaban J connectivity index is 1.70. The number of nitrogens with one attached hydrogen (secondary N) is 1. The number of ketones is 2. The number of ether oxygens (including phenoxy) is 1.